The smallest absolute Gasteiger partial charge is 1.00 e. The minimum atomic E-state index is -3.13. The van der Waals surface area contributed by atoms with Crippen molar-refractivity contribution in [3.8, 4) is 0 Å². The average molecular weight is 296 g/mol. The molecule has 0 aliphatic carbocycles. The Hall–Kier alpha value is -0.767. The van der Waals surface area contributed by atoms with Crippen LogP contribution in [-0.4, -0.2) is 30.9 Å². The molecule has 1 aromatic carbocycles. The zero-order chi connectivity index (χ0) is 14.1. The van der Waals surface area contributed by atoms with Crippen molar-refractivity contribution in [1.29, 1.82) is 10.8 Å². The number of benzene rings is 1. The van der Waals surface area contributed by atoms with Crippen molar-refractivity contribution in [3.63, 3.8) is 0 Å². The molecule has 0 aliphatic heterocycles. The van der Waals surface area contributed by atoms with Gasteiger partial charge in [-0.15, -0.1) is 0 Å². The van der Waals surface area contributed by atoms with Crippen LogP contribution in [0, 0.1) is 17.7 Å². The average Bonchev–Trinajstić information content (AvgIpc) is 2.20. The fraction of sp³-hybridized carbons (Fsp3) is 0.111. The molecule has 1 aromatic rings. The molecule has 0 heterocycles. The summed E-state index contributed by atoms with van der Waals surface area (Å²) in [5.74, 6) is 0. The van der Waals surface area contributed by atoms with E-state index in [1.54, 1.807) is 0 Å². The summed E-state index contributed by atoms with van der Waals surface area (Å²) in [6.45, 7) is 2.08. The first-order valence-electron chi connectivity index (χ1n) is 3.97. The monoisotopic (exact) mass is 296 g/mol. The largest absolute Gasteiger partial charge is 1.00 e. The molecular formula is C9H13KN2O5Si. The summed E-state index contributed by atoms with van der Waals surface area (Å²) in [6, 6.07) is 10.3. The molecule has 1 rings (SSSR count). The van der Waals surface area contributed by atoms with E-state index in [4.69, 9.17) is 34.5 Å². The van der Waals surface area contributed by atoms with Gasteiger partial charge < -0.3 is 11.0 Å². The third-order valence-electron chi connectivity index (χ3n) is 0.940. The first-order chi connectivity index (χ1) is 7.95. The summed E-state index contributed by atoms with van der Waals surface area (Å²) < 4.78 is 8.74. The van der Waals surface area contributed by atoms with E-state index >= 15 is 0 Å². The molecule has 0 unspecified atom stereocenters. The first kappa shape index (κ1) is 25.9. The Labute approximate surface area is 150 Å². The van der Waals surface area contributed by atoms with Crippen LogP contribution in [0.3, 0.4) is 0 Å². The number of hydrogen-bond donors (Lipinski definition) is 4. The van der Waals surface area contributed by atoms with E-state index in [0.717, 1.165) is 12.2 Å². The Kier molecular flexibility index (Phi) is 36.3. The fourth-order valence-corrected chi connectivity index (χ4v) is 0.534. The maximum Gasteiger partial charge on any atom is 1.00 e. The number of nitrogens with one attached hydrogen (secondary N) is 2. The minimum Gasteiger partial charge on any atom is -1.00 e. The van der Waals surface area contributed by atoms with E-state index in [1.165, 1.54) is 5.56 Å². The molecule has 0 aliphatic rings. The third-order valence-corrected chi connectivity index (χ3v) is 0.940. The van der Waals surface area contributed by atoms with Gasteiger partial charge in [-0.05, 0) is 6.92 Å². The second-order valence-corrected chi connectivity index (χ2v) is 2.71. The van der Waals surface area contributed by atoms with Gasteiger partial charge in [0.2, 0.25) is 12.2 Å². The van der Waals surface area contributed by atoms with Crippen LogP contribution < -0.4 is 51.4 Å². The third kappa shape index (κ3) is 59.0. The number of hydrogen-bond acceptors (Lipinski definition) is 5. The van der Waals surface area contributed by atoms with Crippen molar-refractivity contribution >= 4 is 21.3 Å². The van der Waals surface area contributed by atoms with Crippen LogP contribution in [0.15, 0.2) is 30.3 Å². The quantitative estimate of drug-likeness (QED) is 0.234. The van der Waals surface area contributed by atoms with Crippen LogP contribution >= 0.6 is 0 Å². The maximum absolute atomic E-state index is 8.74. The Morgan fingerprint density at radius 3 is 1.44 bits per heavy atom. The van der Waals surface area contributed by atoms with Crippen LogP contribution in [0.25, 0.3) is 0 Å². The van der Waals surface area contributed by atoms with Crippen LogP contribution in [0.5, 0.6) is 0 Å². The standard InChI is InChI=1S/C7H8.2CHNO.K.H2O3Si.H/c1-7-5-3-2-4-6-7;2*2-1-3;;1-4(2)3;/h2-6H,1H3;2*2H;;1-2H;/q;;;+1;;-1. The summed E-state index contributed by atoms with van der Waals surface area (Å²) in [5, 5.41) is 10.8. The molecule has 0 saturated carbocycles. The van der Waals surface area contributed by atoms with Crippen molar-refractivity contribution in [3.05, 3.63) is 35.9 Å². The normalized spacial score (nSPS) is 5.61. The van der Waals surface area contributed by atoms with Gasteiger partial charge in [-0.25, -0.2) is 20.4 Å². The van der Waals surface area contributed by atoms with Gasteiger partial charge in [0.05, 0.1) is 0 Å². The molecule has 18 heavy (non-hydrogen) atoms. The van der Waals surface area contributed by atoms with Gasteiger partial charge in [0.1, 0.15) is 0 Å². The van der Waals surface area contributed by atoms with E-state index < -0.39 is 9.17 Å². The van der Waals surface area contributed by atoms with E-state index in [1.807, 2.05) is 18.2 Å². The zero-order valence-corrected chi connectivity index (χ0v) is 14.1. The fourth-order valence-electron chi connectivity index (χ4n) is 0.534. The Morgan fingerprint density at radius 2 is 1.33 bits per heavy atom. The number of isocyanates is 2. The summed E-state index contributed by atoms with van der Waals surface area (Å²) >= 11 is 0. The predicted octanol–water partition coefficient (Wildman–Crippen LogP) is -2.70. The summed E-state index contributed by atoms with van der Waals surface area (Å²) in [5.41, 5.74) is 1.32. The van der Waals surface area contributed by atoms with Crippen LogP contribution in [0.1, 0.15) is 6.99 Å². The summed E-state index contributed by atoms with van der Waals surface area (Å²) in [6.07, 6.45) is 1.50. The van der Waals surface area contributed by atoms with Crippen molar-refractivity contribution in [2.24, 2.45) is 0 Å². The predicted molar refractivity (Wildman–Crippen MR) is 60.0 cm³/mol. The molecule has 4 N–H and O–H groups in total. The molecular weight excluding hydrogens is 283 g/mol. The van der Waals surface area contributed by atoms with Gasteiger partial charge in [0.15, 0.2) is 0 Å². The minimum absolute atomic E-state index is 0. The molecule has 0 atom stereocenters. The number of aryl methyl sites for hydroxylation is 1. The molecule has 94 valence electrons. The van der Waals surface area contributed by atoms with E-state index in [-0.39, 0.29) is 52.8 Å². The SMILES string of the molecule is Cc1ccccc1.N=C=O.N=C=O.O=[Si](O)O.[H-].[K+]. The molecule has 0 fully saturated rings. The van der Waals surface area contributed by atoms with Crippen molar-refractivity contribution in [2.75, 3.05) is 0 Å². The van der Waals surface area contributed by atoms with E-state index in [9.17, 15) is 0 Å². The molecule has 9 heteroatoms. The van der Waals surface area contributed by atoms with Gasteiger partial charge in [-0.3, -0.25) is 4.46 Å². The topological polar surface area (TPSA) is 139 Å². The van der Waals surface area contributed by atoms with Crippen LogP contribution in [0.2, 0.25) is 0 Å². The van der Waals surface area contributed by atoms with Gasteiger partial charge in [-0.1, -0.05) is 35.9 Å². The molecule has 7 nitrogen and oxygen atoms in total. The van der Waals surface area contributed by atoms with Gasteiger partial charge >= 0.3 is 60.6 Å². The summed E-state index contributed by atoms with van der Waals surface area (Å²) in [7, 11) is -3.13. The van der Waals surface area contributed by atoms with Crippen molar-refractivity contribution in [2.45, 2.75) is 6.92 Å². The Morgan fingerprint density at radius 1 is 1.11 bits per heavy atom. The van der Waals surface area contributed by atoms with Gasteiger partial charge in [-0.2, -0.15) is 0 Å². The maximum atomic E-state index is 8.74. The number of carbonyl (C=O) groups excluding carboxylic acids is 2. The Balaban J connectivity index is -0.0000000482. The van der Waals surface area contributed by atoms with Crippen LogP contribution in [0.4, 0.5) is 0 Å². The molecule has 0 saturated heterocycles. The van der Waals surface area contributed by atoms with Crippen LogP contribution in [-0.2, 0) is 14.1 Å². The molecule has 0 aromatic heterocycles. The van der Waals surface area contributed by atoms with Crippen molar-refractivity contribution in [1.82, 2.24) is 0 Å². The first-order valence-corrected chi connectivity index (χ1v) is 5.27. The van der Waals surface area contributed by atoms with E-state index in [2.05, 4.69) is 19.1 Å². The second kappa shape index (κ2) is 25.2. The molecule has 0 radical (unpaired) electrons. The molecule has 0 bridgehead atoms. The number of rotatable bonds is 0. The zero-order valence-electron chi connectivity index (χ0n) is 11.0. The van der Waals surface area contributed by atoms with Crippen molar-refractivity contribution < 1.29 is 76.5 Å². The molecule has 0 amide bonds. The van der Waals surface area contributed by atoms with Gasteiger partial charge in [0, 0.05) is 0 Å². The molecule has 0 spiro atoms. The van der Waals surface area contributed by atoms with E-state index in [0.29, 0.717) is 0 Å². The summed E-state index contributed by atoms with van der Waals surface area (Å²) in [4.78, 5) is 31.0. The second-order valence-electron chi connectivity index (χ2n) is 2.14. The van der Waals surface area contributed by atoms with Gasteiger partial charge in [0.25, 0.3) is 0 Å². The Bertz CT molecular complexity index is 352.